The molecule has 3 heterocycles. The molecule has 4 rings (SSSR count). The lowest BCUT2D eigenvalue weighted by atomic mass is 10.1. The van der Waals surface area contributed by atoms with E-state index in [9.17, 15) is 0 Å². The topological polar surface area (TPSA) is 25.8 Å². The second-order valence-electron chi connectivity index (χ2n) is 4.13. The predicted octanol–water partition coefficient (Wildman–Crippen LogP) is 5.29. The summed E-state index contributed by atoms with van der Waals surface area (Å²) in [5.41, 5.74) is 2.02. The fraction of sp³-hybridized carbons (Fsp3) is 0. The normalized spacial score (nSPS) is 10.2. The molecular formula is C16H11BrN2S. The molecule has 0 aliphatic heterocycles. The molecule has 0 amide bonds. The third kappa shape index (κ3) is 2.86. The quantitative estimate of drug-likeness (QED) is 0.405. The van der Waals surface area contributed by atoms with Crippen LogP contribution >= 0.6 is 27.3 Å². The maximum Gasteiger partial charge on any atom is 0.0795 e. The third-order valence-electron chi connectivity index (χ3n) is 2.84. The number of pyridine rings is 2. The summed E-state index contributed by atoms with van der Waals surface area (Å²) in [5.74, 6) is 0. The molecule has 4 heteroatoms. The van der Waals surface area contributed by atoms with Crippen LogP contribution in [0.3, 0.4) is 0 Å². The molecule has 0 radical (unpaired) electrons. The Bertz CT molecular complexity index is 773. The molecule has 2 nitrogen and oxygen atoms in total. The Labute approximate surface area is 129 Å². The van der Waals surface area contributed by atoms with Crippen LogP contribution in [0, 0.1) is 0 Å². The maximum absolute atomic E-state index is 4.37. The highest BCUT2D eigenvalue weighted by atomic mass is 79.9. The lowest BCUT2D eigenvalue weighted by molar-refractivity contribution is 1.39. The fourth-order valence-electron chi connectivity index (χ4n) is 1.96. The second-order valence-corrected chi connectivity index (χ2v) is 6.45. The summed E-state index contributed by atoms with van der Waals surface area (Å²) >= 11 is 4.99. The van der Waals surface area contributed by atoms with E-state index in [4.69, 9.17) is 0 Å². The van der Waals surface area contributed by atoms with Crippen molar-refractivity contribution < 1.29 is 0 Å². The highest BCUT2D eigenvalue weighted by molar-refractivity contribution is 9.11. The van der Waals surface area contributed by atoms with Crippen LogP contribution in [0.2, 0.25) is 0 Å². The van der Waals surface area contributed by atoms with Crippen LogP contribution in [-0.4, -0.2) is 9.97 Å². The third-order valence-corrected chi connectivity index (χ3v) is 4.32. The van der Waals surface area contributed by atoms with E-state index < -0.39 is 0 Å². The predicted molar refractivity (Wildman–Crippen MR) is 89.1 cm³/mol. The molecule has 0 aliphatic rings. The number of hydrogen-bond donors (Lipinski definition) is 0. The van der Waals surface area contributed by atoms with Crippen LogP contribution in [0.4, 0.5) is 0 Å². The molecular weight excluding hydrogens is 332 g/mol. The van der Waals surface area contributed by atoms with E-state index in [0.717, 1.165) is 21.8 Å². The summed E-state index contributed by atoms with van der Waals surface area (Å²) in [6.45, 7) is 0. The standard InChI is InChI=1S/C12H8N2.C4H3BrS/c1-3-9-5-6-11-10(4-2-7-13-11)12(9)14-8-1;5-4-2-1-3-6-4/h1-8H;1-3H. The largest absolute Gasteiger partial charge is 0.256 e. The number of fused-ring (bicyclic) bond motifs is 3. The van der Waals surface area contributed by atoms with Gasteiger partial charge in [-0.05, 0) is 51.6 Å². The SMILES string of the molecule is Brc1cccs1.c1cnc2c(c1)ccc1ncccc12. The van der Waals surface area contributed by atoms with E-state index in [1.807, 2.05) is 41.9 Å². The first kappa shape index (κ1) is 13.2. The van der Waals surface area contributed by atoms with Crippen molar-refractivity contribution in [3.05, 3.63) is 70.1 Å². The zero-order chi connectivity index (χ0) is 13.8. The molecule has 0 unspecified atom stereocenters. The van der Waals surface area contributed by atoms with Gasteiger partial charge in [-0.15, -0.1) is 11.3 Å². The number of halogens is 1. The Kier molecular flexibility index (Phi) is 4.04. The molecule has 0 aliphatic carbocycles. The smallest absolute Gasteiger partial charge is 0.0795 e. The molecule has 20 heavy (non-hydrogen) atoms. The first-order valence-electron chi connectivity index (χ1n) is 6.12. The van der Waals surface area contributed by atoms with Crippen molar-refractivity contribution >= 4 is 49.1 Å². The Morgan fingerprint density at radius 3 is 2.45 bits per heavy atom. The first-order chi connectivity index (χ1) is 9.84. The van der Waals surface area contributed by atoms with Crippen molar-refractivity contribution in [1.29, 1.82) is 0 Å². The molecule has 0 spiro atoms. The van der Waals surface area contributed by atoms with Gasteiger partial charge < -0.3 is 0 Å². The van der Waals surface area contributed by atoms with Gasteiger partial charge in [-0.1, -0.05) is 18.2 Å². The Morgan fingerprint density at radius 2 is 1.70 bits per heavy atom. The number of rotatable bonds is 0. The van der Waals surface area contributed by atoms with E-state index in [1.165, 1.54) is 3.79 Å². The van der Waals surface area contributed by atoms with Crippen LogP contribution < -0.4 is 0 Å². The first-order valence-corrected chi connectivity index (χ1v) is 7.79. The Balaban J connectivity index is 0.000000170. The summed E-state index contributed by atoms with van der Waals surface area (Å²) in [6, 6.07) is 16.1. The van der Waals surface area contributed by atoms with E-state index in [2.05, 4.69) is 44.1 Å². The van der Waals surface area contributed by atoms with Crippen LogP contribution in [0.1, 0.15) is 0 Å². The van der Waals surface area contributed by atoms with Gasteiger partial charge >= 0.3 is 0 Å². The van der Waals surface area contributed by atoms with Crippen molar-refractivity contribution in [2.24, 2.45) is 0 Å². The molecule has 98 valence electrons. The fourth-order valence-corrected chi connectivity index (χ4v) is 2.88. The summed E-state index contributed by atoms with van der Waals surface area (Å²) in [7, 11) is 0. The monoisotopic (exact) mass is 342 g/mol. The van der Waals surface area contributed by atoms with E-state index in [1.54, 1.807) is 17.5 Å². The van der Waals surface area contributed by atoms with Crippen LogP contribution in [0.25, 0.3) is 21.8 Å². The van der Waals surface area contributed by atoms with Gasteiger partial charge in [0, 0.05) is 23.2 Å². The lowest BCUT2D eigenvalue weighted by Crippen LogP contribution is -1.82. The van der Waals surface area contributed by atoms with Crippen LogP contribution in [-0.2, 0) is 0 Å². The number of nitrogens with zero attached hydrogens (tertiary/aromatic N) is 2. The van der Waals surface area contributed by atoms with Crippen LogP contribution in [0.15, 0.2) is 70.1 Å². The number of hydrogen-bond acceptors (Lipinski definition) is 3. The molecule has 0 atom stereocenters. The minimum atomic E-state index is 0.999. The van der Waals surface area contributed by atoms with Gasteiger partial charge in [-0.2, -0.15) is 0 Å². The zero-order valence-corrected chi connectivity index (χ0v) is 12.9. The zero-order valence-electron chi connectivity index (χ0n) is 10.5. The summed E-state index contributed by atoms with van der Waals surface area (Å²) in [5, 5.41) is 4.31. The van der Waals surface area contributed by atoms with E-state index in [-0.39, 0.29) is 0 Å². The number of aromatic nitrogens is 2. The van der Waals surface area contributed by atoms with Gasteiger partial charge in [0.15, 0.2) is 0 Å². The van der Waals surface area contributed by atoms with Gasteiger partial charge in [0.1, 0.15) is 0 Å². The Hall–Kier alpha value is -1.78. The van der Waals surface area contributed by atoms with Gasteiger partial charge in [-0.3, -0.25) is 9.97 Å². The molecule has 3 aromatic heterocycles. The van der Waals surface area contributed by atoms with Crippen molar-refractivity contribution in [2.75, 3.05) is 0 Å². The van der Waals surface area contributed by atoms with E-state index >= 15 is 0 Å². The molecule has 0 N–H and O–H groups in total. The lowest BCUT2D eigenvalue weighted by Gasteiger charge is -2.00. The average molecular weight is 343 g/mol. The van der Waals surface area contributed by atoms with Gasteiger partial charge in [-0.25, -0.2) is 0 Å². The van der Waals surface area contributed by atoms with Gasteiger partial charge in [0.2, 0.25) is 0 Å². The van der Waals surface area contributed by atoms with Crippen molar-refractivity contribution in [1.82, 2.24) is 9.97 Å². The number of thiophene rings is 1. The maximum atomic E-state index is 4.37. The highest BCUT2D eigenvalue weighted by Gasteiger charge is 1.99. The molecule has 0 fully saturated rings. The molecule has 0 saturated carbocycles. The molecule has 4 aromatic rings. The van der Waals surface area contributed by atoms with E-state index in [0.29, 0.717) is 0 Å². The van der Waals surface area contributed by atoms with Crippen LogP contribution in [0.5, 0.6) is 0 Å². The number of benzene rings is 1. The molecule has 1 aromatic carbocycles. The second kappa shape index (κ2) is 6.11. The molecule has 0 bridgehead atoms. The average Bonchev–Trinajstić information content (AvgIpc) is 2.99. The summed E-state index contributed by atoms with van der Waals surface area (Å²) in [4.78, 5) is 8.66. The summed E-state index contributed by atoms with van der Waals surface area (Å²) in [6.07, 6.45) is 3.62. The van der Waals surface area contributed by atoms with Crippen molar-refractivity contribution in [2.45, 2.75) is 0 Å². The van der Waals surface area contributed by atoms with Gasteiger partial charge in [0.05, 0.1) is 14.8 Å². The molecule has 0 saturated heterocycles. The van der Waals surface area contributed by atoms with Crippen molar-refractivity contribution in [3.8, 4) is 0 Å². The minimum Gasteiger partial charge on any atom is -0.256 e. The Morgan fingerprint density at radius 1 is 0.850 bits per heavy atom. The van der Waals surface area contributed by atoms with Gasteiger partial charge in [0.25, 0.3) is 0 Å². The highest BCUT2D eigenvalue weighted by Crippen LogP contribution is 2.21. The van der Waals surface area contributed by atoms with Crippen molar-refractivity contribution in [3.63, 3.8) is 0 Å². The minimum absolute atomic E-state index is 0.999. The summed E-state index contributed by atoms with van der Waals surface area (Å²) < 4.78 is 1.20.